The van der Waals surface area contributed by atoms with Crippen LogP contribution in [-0.4, -0.2) is 0 Å². The zero-order valence-electron chi connectivity index (χ0n) is 31.5. The SMILES string of the molecule is CC1(C)c2ccccc2-c2cc(N(c3ccc(-c4cccc5c4ccc4c6ccccc6ccc54)cc3)c3cccc(-c4ccc5ccccc5c4)c3)ccc21. The fourth-order valence-electron chi connectivity index (χ4n) is 9.39. The largest absolute Gasteiger partial charge is 0.310 e. The van der Waals surface area contributed by atoms with Gasteiger partial charge in [0.25, 0.3) is 0 Å². The third kappa shape index (κ3) is 5.08. The molecule has 11 rings (SSSR count). The van der Waals surface area contributed by atoms with Crippen LogP contribution in [0.4, 0.5) is 17.1 Å². The molecule has 10 aromatic rings. The van der Waals surface area contributed by atoms with Crippen LogP contribution >= 0.6 is 0 Å². The van der Waals surface area contributed by atoms with Crippen molar-refractivity contribution >= 4 is 60.2 Å². The molecule has 0 amide bonds. The molecule has 10 aromatic carbocycles. The predicted octanol–water partition coefficient (Wildman–Crippen LogP) is 15.4. The minimum absolute atomic E-state index is 0.0518. The first-order valence-corrected chi connectivity index (χ1v) is 19.6. The highest BCUT2D eigenvalue weighted by atomic mass is 15.1. The fourth-order valence-corrected chi connectivity index (χ4v) is 9.39. The van der Waals surface area contributed by atoms with E-state index in [-0.39, 0.29) is 5.41 Å². The Morgan fingerprint density at radius 3 is 1.77 bits per heavy atom. The number of fused-ring (bicyclic) bond motifs is 9. The van der Waals surface area contributed by atoms with E-state index >= 15 is 0 Å². The maximum atomic E-state index is 2.42. The molecule has 0 saturated heterocycles. The van der Waals surface area contributed by atoms with Gasteiger partial charge in [-0.1, -0.05) is 172 Å². The van der Waals surface area contributed by atoms with Crippen molar-refractivity contribution in [1.82, 2.24) is 0 Å². The van der Waals surface area contributed by atoms with Crippen LogP contribution in [0, 0.1) is 0 Å². The summed E-state index contributed by atoms with van der Waals surface area (Å²) >= 11 is 0. The minimum atomic E-state index is -0.0518. The Bertz CT molecular complexity index is 3170. The van der Waals surface area contributed by atoms with E-state index in [4.69, 9.17) is 0 Å². The number of nitrogens with zero attached hydrogens (tertiary/aromatic N) is 1. The quantitative estimate of drug-likeness (QED) is 0.161. The van der Waals surface area contributed by atoms with Crippen molar-refractivity contribution in [2.24, 2.45) is 0 Å². The summed E-state index contributed by atoms with van der Waals surface area (Å²) in [7, 11) is 0. The highest BCUT2D eigenvalue weighted by Crippen LogP contribution is 2.51. The lowest BCUT2D eigenvalue weighted by molar-refractivity contribution is 0.660. The van der Waals surface area contributed by atoms with E-state index in [1.54, 1.807) is 0 Å². The molecule has 0 unspecified atom stereocenters. The van der Waals surface area contributed by atoms with E-state index in [9.17, 15) is 0 Å². The molecule has 0 heterocycles. The maximum Gasteiger partial charge on any atom is 0.0468 e. The molecule has 0 atom stereocenters. The second-order valence-electron chi connectivity index (χ2n) is 15.7. The van der Waals surface area contributed by atoms with Crippen LogP contribution in [0.3, 0.4) is 0 Å². The second kappa shape index (κ2) is 12.5. The lowest BCUT2D eigenvalue weighted by Gasteiger charge is -2.28. The van der Waals surface area contributed by atoms with Gasteiger partial charge in [0, 0.05) is 22.5 Å². The first-order valence-electron chi connectivity index (χ1n) is 19.6. The van der Waals surface area contributed by atoms with Gasteiger partial charge in [-0.2, -0.15) is 0 Å². The number of benzene rings is 10. The summed E-state index contributed by atoms with van der Waals surface area (Å²) in [6, 6.07) is 74.0. The smallest absolute Gasteiger partial charge is 0.0468 e. The molecule has 0 spiro atoms. The molecule has 1 aliphatic carbocycles. The Hall–Kier alpha value is -6.96. The third-order valence-corrected chi connectivity index (χ3v) is 12.2. The van der Waals surface area contributed by atoms with Gasteiger partial charge in [0.15, 0.2) is 0 Å². The summed E-state index contributed by atoms with van der Waals surface area (Å²) in [5, 5.41) is 10.2. The van der Waals surface area contributed by atoms with E-state index in [1.807, 2.05) is 0 Å². The van der Waals surface area contributed by atoms with Crippen molar-refractivity contribution in [3.8, 4) is 33.4 Å². The van der Waals surface area contributed by atoms with Gasteiger partial charge in [-0.15, -0.1) is 0 Å². The van der Waals surface area contributed by atoms with Gasteiger partial charge < -0.3 is 4.90 Å². The predicted molar refractivity (Wildman–Crippen MR) is 240 cm³/mol. The van der Waals surface area contributed by atoms with Gasteiger partial charge in [0.2, 0.25) is 0 Å². The fraction of sp³-hybridized carbons (Fsp3) is 0.0545. The van der Waals surface area contributed by atoms with Crippen LogP contribution in [0.2, 0.25) is 0 Å². The summed E-state index contributed by atoms with van der Waals surface area (Å²) in [4.78, 5) is 2.42. The van der Waals surface area contributed by atoms with Gasteiger partial charge in [-0.25, -0.2) is 0 Å². The number of hydrogen-bond acceptors (Lipinski definition) is 1. The Morgan fingerprint density at radius 2 is 0.875 bits per heavy atom. The molecular formula is C55H39N. The Morgan fingerprint density at radius 1 is 0.304 bits per heavy atom. The van der Waals surface area contributed by atoms with Crippen molar-refractivity contribution in [1.29, 1.82) is 0 Å². The molecule has 1 heteroatoms. The van der Waals surface area contributed by atoms with Crippen LogP contribution in [0.1, 0.15) is 25.0 Å². The molecule has 0 aliphatic heterocycles. The zero-order valence-corrected chi connectivity index (χ0v) is 31.5. The average molecular weight is 714 g/mol. The van der Waals surface area contributed by atoms with Gasteiger partial charge >= 0.3 is 0 Å². The maximum absolute atomic E-state index is 2.42. The van der Waals surface area contributed by atoms with Crippen molar-refractivity contribution in [2.45, 2.75) is 19.3 Å². The van der Waals surface area contributed by atoms with Crippen LogP contribution in [0.15, 0.2) is 200 Å². The minimum Gasteiger partial charge on any atom is -0.310 e. The average Bonchev–Trinajstić information content (AvgIpc) is 3.48. The van der Waals surface area contributed by atoms with Crippen molar-refractivity contribution in [2.75, 3.05) is 4.90 Å². The number of rotatable bonds is 5. The van der Waals surface area contributed by atoms with Gasteiger partial charge in [0.1, 0.15) is 0 Å². The summed E-state index contributed by atoms with van der Waals surface area (Å²) in [6.45, 7) is 4.69. The molecule has 0 aromatic heterocycles. The molecule has 0 N–H and O–H groups in total. The van der Waals surface area contributed by atoms with Gasteiger partial charge in [-0.05, 0) is 130 Å². The number of anilines is 3. The molecule has 264 valence electrons. The van der Waals surface area contributed by atoms with E-state index < -0.39 is 0 Å². The van der Waals surface area contributed by atoms with Crippen LogP contribution < -0.4 is 4.90 Å². The molecule has 56 heavy (non-hydrogen) atoms. The van der Waals surface area contributed by atoms with Gasteiger partial charge in [-0.3, -0.25) is 0 Å². The topological polar surface area (TPSA) is 3.24 Å². The molecular weight excluding hydrogens is 675 g/mol. The Labute approximate surface area is 327 Å². The molecule has 0 bridgehead atoms. The first-order chi connectivity index (χ1) is 27.5. The lowest BCUT2D eigenvalue weighted by atomic mass is 9.82. The van der Waals surface area contributed by atoms with Crippen molar-refractivity contribution < 1.29 is 0 Å². The highest BCUT2D eigenvalue weighted by molar-refractivity contribution is 6.19. The second-order valence-corrected chi connectivity index (χ2v) is 15.7. The van der Waals surface area contributed by atoms with E-state index in [2.05, 4.69) is 219 Å². The Balaban J connectivity index is 1.05. The monoisotopic (exact) mass is 713 g/mol. The van der Waals surface area contributed by atoms with Gasteiger partial charge in [0.05, 0.1) is 0 Å². The standard InChI is InChI=1S/C55H39N/c1-55(2)53-20-8-7-17-51(53)52-35-44(28-32-54(52)55)56(43-15-9-14-40(34-43)41-22-21-36-11-3-4-13-39(36)33-41)42-26-23-38(24-27-42)46-18-10-19-47-48(46)30-31-49-45-16-6-5-12-37(45)25-29-50(47)49/h3-35H,1-2H3. The summed E-state index contributed by atoms with van der Waals surface area (Å²) in [5.74, 6) is 0. The van der Waals surface area contributed by atoms with Crippen molar-refractivity contribution in [3.63, 3.8) is 0 Å². The Kier molecular flexibility index (Phi) is 7.28. The summed E-state index contributed by atoms with van der Waals surface area (Å²) < 4.78 is 0. The molecule has 1 aliphatic rings. The highest BCUT2D eigenvalue weighted by Gasteiger charge is 2.35. The van der Waals surface area contributed by atoms with Crippen LogP contribution in [0.5, 0.6) is 0 Å². The molecule has 0 saturated carbocycles. The normalized spacial score (nSPS) is 13.0. The lowest BCUT2D eigenvalue weighted by Crippen LogP contribution is -2.15. The van der Waals surface area contributed by atoms with Crippen LogP contribution in [-0.2, 0) is 5.41 Å². The molecule has 1 nitrogen and oxygen atoms in total. The zero-order chi connectivity index (χ0) is 37.4. The van der Waals surface area contributed by atoms with Crippen LogP contribution in [0.25, 0.3) is 76.5 Å². The van der Waals surface area contributed by atoms with E-state index in [1.165, 1.54) is 87.6 Å². The molecule has 0 radical (unpaired) electrons. The summed E-state index contributed by atoms with van der Waals surface area (Å²) in [5.41, 5.74) is 13.6. The van der Waals surface area contributed by atoms with E-state index in [0.29, 0.717) is 0 Å². The summed E-state index contributed by atoms with van der Waals surface area (Å²) in [6.07, 6.45) is 0. The molecule has 0 fully saturated rings. The first kappa shape index (κ1) is 32.5. The third-order valence-electron chi connectivity index (χ3n) is 12.2. The number of hydrogen-bond donors (Lipinski definition) is 0. The van der Waals surface area contributed by atoms with E-state index in [0.717, 1.165) is 17.1 Å². The van der Waals surface area contributed by atoms with Crippen molar-refractivity contribution in [3.05, 3.63) is 211 Å².